The monoisotopic (exact) mass is 612 g/mol. The Kier molecular flexibility index (Phi) is 8.32. The number of aryl methyl sites for hydroxylation is 1. The number of nitrogens with zero attached hydrogens (tertiary/aromatic N) is 5. The van der Waals surface area contributed by atoms with Crippen LogP contribution >= 0.6 is 0 Å². The fourth-order valence-electron chi connectivity index (χ4n) is 6.34. The fourth-order valence-corrected chi connectivity index (χ4v) is 6.34. The molecule has 0 saturated heterocycles. The summed E-state index contributed by atoms with van der Waals surface area (Å²) in [7, 11) is 0. The summed E-state index contributed by atoms with van der Waals surface area (Å²) in [6.45, 7) is 7.95. The van der Waals surface area contributed by atoms with Gasteiger partial charge in [-0.25, -0.2) is 9.31 Å². The highest BCUT2D eigenvalue weighted by Gasteiger charge is 2.35. The van der Waals surface area contributed by atoms with Gasteiger partial charge < -0.3 is 9.84 Å². The molecule has 0 unspecified atom stereocenters. The van der Waals surface area contributed by atoms with Gasteiger partial charge in [0.1, 0.15) is 6.33 Å². The molecule has 1 saturated carbocycles. The molecular formula is C34H40N6O5. The first kappa shape index (κ1) is 30.7. The molecule has 1 aliphatic carbocycles. The number of benzene rings is 2. The average Bonchev–Trinajstić information content (AvgIpc) is 3.68. The Labute approximate surface area is 260 Å². The van der Waals surface area contributed by atoms with Crippen molar-refractivity contribution >= 4 is 5.78 Å². The predicted molar refractivity (Wildman–Crippen MR) is 170 cm³/mol. The molecule has 5 aromatic rings. The van der Waals surface area contributed by atoms with Crippen molar-refractivity contribution in [2.24, 2.45) is 0 Å². The van der Waals surface area contributed by atoms with E-state index < -0.39 is 11.4 Å². The molecular weight excluding hydrogens is 572 g/mol. The Morgan fingerprint density at radius 1 is 1.09 bits per heavy atom. The Balaban J connectivity index is 1.31. The van der Waals surface area contributed by atoms with Crippen LogP contribution in [-0.4, -0.2) is 52.2 Å². The number of aliphatic hydroxyl groups is 1. The highest BCUT2D eigenvalue weighted by atomic mass is 16.5. The van der Waals surface area contributed by atoms with Crippen molar-refractivity contribution in [1.82, 2.24) is 29.3 Å². The van der Waals surface area contributed by atoms with E-state index in [1.165, 1.54) is 6.33 Å². The maximum absolute atomic E-state index is 14.4. The summed E-state index contributed by atoms with van der Waals surface area (Å²) in [4.78, 5) is 33.1. The van der Waals surface area contributed by atoms with Crippen LogP contribution in [0.5, 0.6) is 0 Å². The Bertz CT molecular complexity index is 1900. The Hall–Kier alpha value is -4.35. The van der Waals surface area contributed by atoms with Crippen LogP contribution in [0.15, 0.2) is 69.0 Å². The summed E-state index contributed by atoms with van der Waals surface area (Å²) >= 11 is 0. The Morgan fingerprint density at radius 2 is 1.80 bits per heavy atom. The molecule has 11 heteroatoms. The zero-order valence-corrected chi connectivity index (χ0v) is 26.2. The minimum atomic E-state index is -0.895. The van der Waals surface area contributed by atoms with Gasteiger partial charge in [-0.2, -0.15) is 10.1 Å². The second kappa shape index (κ2) is 12.2. The number of rotatable bonds is 10. The molecule has 0 spiro atoms. The zero-order valence-electron chi connectivity index (χ0n) is 26.2. The van der Waals surface area contributed by atoms with Gasteiger partial charge in [0.15, 0.2) is 5.82 Å². The molecule has 1 aliphatic rings. The van der Waals surface area contributed by atoms with Gasteiger partial charge >= 0.3 is 5.76 Å². The van der Waals surface area contributed by atoms with Crippen molar-refractivity contribution in [2.45, 2.75) is 89.9 Å². The summed E-state index contributed by atoms with van der Waals surface area (Å²) in [6, 6.07) is 15.8. The van der Waals surface area contributed by atoms with Crippen molar-refractivity contribution in [3.63, 3.8) is 0 Å². The molecule has 236 valence electrons. The normalized spacial score (nSPS) is 18.9. The second-order valence-electron chi connectivity index (χ2n) is 13.0. The average molecular weight is 613 g/mol. The van der Waals surface area contributed by atoms with E-state index in [2.05, 4.69) is 34.1 Å². The van der Waals surface area contributed by atoms with Crippen LogP contribution < -0.4 is 11.3 Å². The summed E-state index contributed by atoms with van der Waals surface area (Å²) in [6.07, 6.45) is 6.65. The molecule has 6 rings (SSSR count). The van der Waals surface area contributed by atoms with Crippen LogP contribution in [0.1, 0.15) is 82.7 Å². The van der Waals surface area contributed by atoms with Crippen LogP contribution in [0.3, 0.4) is 0 Å². The van der Waals surface area contributed by atoms with E-state index in [9.17, 15) is 14.7 Å². The number of aromatic nitrogens is 6. The lowest BCUT2D eigenvalue weighted by molar-refractivity contribution is -0.117. The molecule has 2 aromatic carbocycles. The summed E-state index contributed by atoms with van der Waals surface area (Å²) in [5, 5.41) is 18.6. The molecule has 0 bridgehead atoms. The largest absolute Gasteiger partial charge is 0.439 e. The lowest BCUT2D eigenvalue weighted by Crippen LogP contribution is -2.41. The molecule has 3 aromatic heterocycles. The van der Waals surface area contributed by atoms with Crippen LogP contribution in [0.4, 0.5) is 0 Å². The number of H-pyrrole nitrogens is 1. The first-order valence-corrected chi connectivity index (χ1v) is 15.6. The molecule has 1 fully saturated rings. The van der Waals surface area contributed by atoms with Gasteiger partial charge in [0, 0.05) is 23.6 Å². The maximum atomic E-state index is 14.4. The highest BCUT2D eigenvalue weighted by Crippen LogP contribution is 2.38. The van der Waals surface area contributed by atoms with Gasteiger partial charge in [0.25, 0.3) is 5.56 Å². The lowest BCUT2D eigenvalue weighted by Gasteiger charge is -2.39. The maximum Gasteiger partial charge on any atom is 0.439 e. The fraction of sp³-hybridized carbons (Fsp3) is 0.441. The molecule has 11 nitrogen and oxygen atoms in total. The number of fused-ring (bicyclic) bond motifs is 1. The van der Waals surface area contributed by atoms with Crippen molar-refractivity contribution in [2.75, 3.05) is 6.61 Å². The molecule has 2 N–H and O–H groups in total. The highest BCUT2D eigenvalue weighted by molar-refractivity contribution is 5.80. The third kappa shape index (κ3) is 6.41. The predicted octanol–water partition coefficient (Wildman–Crippen LogP) is 5.11. The summed E-state index contributed by atoms with van der Waals surface area (Å²) in [5.41, 5.74) is 3.98. The van der Waals surface area contributed by atoms with E-state index in [0.29, 0.717) is 24.4 Å². The van der Waals surface area contributed by atoms with Gasteiger partial charge in [-0.3, -0.25) is 18.9 Å². The number of hydrogen-bond donors (Lipinski definition) is 2. The van der Waals surface area contributed by atoms with E-state index >= 15 is 0 Å². The number of nitrogens with one attached hydrogen (secondary N) is 1. The van der Waals surface area contributed by atoms with Crippen molar-refractivity contribution in [3.8, 4) is 22.5 Å². The SMILES string of the molecule is CCCc1c(Cc2ccc(-c3ccccc3-c3noc(=O)[nH]3)cc2)c(=O)n([C@H]2CC[C@](C)(OCC(C)(C)O)CC2)c2ncnn12. The van der Waals surface area contributed by atoms with Gasteiger partial charge in [-0.1, -0.05) is 67.0 Å². The van der Waals surface area contributed by atoms with Gasteiger partial charge in [-0.05, 0) is 69.6 Å². The van der Waals surface area contributed by atoms with Crippen molar-refractivity contribution in [1.29, 1.82) is 0 Å². The van der Waals surface area contributed by atoms with Gasteiger partial charge in [0.2, 0.25) is 5.78 Å². The Morgan fingerprint density at radius 3 is 2.44 bits per heavy atom. The van der Waals surface area contributed by atoms with Crippen molar-refractivity contribution < 1.29 is 14.4 Å². The standard InChI is InChI=1S/C34H40N6O5/c1-5-8-28-27(19-22-11-13-23(14-12-22)25-9-6-7-10-26(25)29-37-32(42)45-38-29)30(41)39(31-35-21-36-40(28)31)24-15-17-34(4,18-16-24)44-20-33(2,3)43/h6-7,9-14,21,24,43H,5,8,15-20H2,1-4H3,(H,37,38,42)/t24-,34-. The third-order valence-electron chi connectivity index (χ3n) is 8.73. The molecule has 0 amide bonds. The number of aromatic amines is 1. The second-order valence-corrected chi connectivity index (χ2v) is 13.0. The van der Waals surface area contributed by atoms with Crippen LogP contribution in [0.25, 0.3) is 28.3 Å². The van der Waals surface area contributed by atoms with E-state index in [-0.39, 0.29) is 23.8 Å². The number of hydrogen-bond acceptors (Lipinski definition) is 8. The van der Waals surface area contributed by atoms with E-state index in [0.717, 1.165) is 65.6 Å². The molecule has 45 heavy (non-hydrogen) atoms. The third-order valence-corrected chi connectivity index (χ3v) is 8.73. The molecule has 0 aliphatic heterocycles. The lowest BCUT2D eigenvalue weighted by atomic mass is 9.83. The van der Waals surface area contributed by atoms with Gasteiger partial charge in [-0.15, -0.1) is 0 Å². The van der Waals surface area contributed by atoms with E-state index in [4.69, 9.17) is 9.26 Å². The minimum Gasteiger partial charge on any atom is -0.388 e. The summed E-state index contributed by atoms with van der Waals surface area (Å²) < 4.78 is 14.6. The summed E-state index contributed by atoms with van der Waals surface area (Å²) in [5.74, 6) is 0.350. The molecule has 0 atom stereocenters. The van der Waals surface area contributed by atoms with Crippen LogP contribution in [-0.2, 0) is 17.6 Å². The molecule has 3 heterocycles. The van der Waals surface area contributed by atoms with Crippen LogP contribution in [0.2, 0.25) is 0 Å². The van der Waals surface area contributed by atoms with E-state index in [1.54, 1.807) is 13.8 Å². The first-order chi connectivity index (χ1) is 21.5. The quantitative estimate of drug-likeness (QED) is 0.222. The minimum absolute atomic E-state index is 0.0191. The number of ether oxygens (including phenoxy) is 1. The zero-order chi connectivity index (χ0) is 31.8. The van der Waals surface area contributed by atoms with E-state index in [1.807, 2.05) is 57.6 Å². The van der Waals surface area contributed by atoms with Crippen molar-refractivity contribution in [3.05, 3.63) is 92.6 Å². The molecule has 0 radical (unpaired) electrons. The topological polar surface area (TPSA) is 141 Å². The van der Waals surface area contributed by atoms with Crippen LogP contribution in [0, 0.1) is 0 Å². The first-order valence-electron chi connectivity index (χ1n) is 15.6. The smallest absolute Gasteiger partial charge is 0.388 e. The van der Waals surface area contributed by atoms with Gasteiger partial charge in [0.05, 0.1) is 23.5 Å².